The summed E-state index contributed by atoms with van der Waals surface area (Å²) >= 11 is 0. The zero-order valence-corrected chi connectivity index (χ0v) is 25.6. The Balaban J connectivity index is 1.38. The van der Waals surface area contributed by atoms with Crippen molar-refractivity contribution in [3.05, 3.63) is 65.5 Å². The molecule has 0 spiro atoms. The number of halogens is 6. The maximum Gasteiger partial charge on any atom is 0.573 e. The van der Waals surface area contributed by atoms with Gasteiger partial charge in [-0.3, -0.25) is 9.69 Å². The normalized spacial score (nSPS) is 14.8. The fourth-order valence-electron chi connectivity index (χ4n) is 4.85. The van der Waals surface area contributed by atoms with E-state index >= 15 is 0 Å². The van der Waals surface area contributed by atoms with Crippen LogP contribution < -0.4 is 24.8 Å². The van der Waals surface area contributed by atoms with Crippen LogP contribution in [0.1, 0.15) is 62.2 Å². The van der Waals surface area contributed by atoms with Crippen LogP contribution in [0, 0.1) is 0 Å². The first-order chi connectivity index (χ1) is 21.5. The van der Waals surface area contributed by atoms with Crippen molar-refractivity contribution in [2.24, 2.45) is 0 Å². The molecule has 0 aliphatic carbocycles. The molecule has 46 heavy (non-hydrogen) atoms. The molecule has 2 N–H and O–H groups in total. The summed E-state index contributed by atoms with van der Waals surface area (Å²) in [6.45, 7) is 9.73. The smallest absolute Gasteiger partial charge is 0.491 e. The summed E-state index contributed by atoms with van der Waals surface area (Å²) in [6, 6.07) is 9.55. The van der Waals surface area contributed by atoms with Gasteiger partial charge in [-0.1, -0.05) is 0 Å². The third-order valence-corrected chi connectivity index (χ3v) is 6.66. The molecule has 1 fully saturated rings. The van der Waals surface area contributed by atoms with Gasteiger partial charge in [0.1, 0.15) is 17.2 Å². The Kier molecular flexibility index (Phi) is 10.9. The quantitative estimate of drug-likeness (QED) is 0.208. The minimum Gasteiger partial charge on any atom is -0.491 e. The highest BCUT2D eigenvalue weighted by Crippen LogP contribution is 2.32. The van der Waals surface area contributed by atoms with Crippen LogP contribution in [0.3, 0.4) is 0 Å². The summed E-state index contributed by atoms with van der Waals surface area (Å²) in [6.07, 6.45) is -7.92. The van der Waals surface area contributed by atoms with Crippen molar-refractivity contribution in [2.75, 3.05) is 23.7 Å². The predicted molar refractivity (Wildman–Crippen MR) is 158 cm³/mol. The van der Waals surface area contributed by atoms with Crippen molar-refractivity contribution < 1.29 is 45.3 Å². The predicted octanol–water partition coefficient (Wildman–Crippen LogP) is 7.30. The van der Waals surface area contributed by atoms with Crippen molar-refractivity contribution in [3.8, 4) is 17.2 Å². The topological polar surface area (TPSA) is 97.8 Å². The number of nitrogens with one attached hydrogen (secondary N) is 2. The van der Waals surface area contributed by atoms with E-state index in [4.69, 9.17) is 9.47 Å². The van der Waals surface area contributed by atoms with E-state index in [0.29, 0.717) is 44.0 Å². The summed E-state index contributed by atoms with van der Waals surface area (Å²) < 4.78 is 94.4. The van der Waals surface area contributed by atoms with Crippen LogP contribution in [0.25, 0.3) is 0 Å². The van der Waals surface area contributed by atoms with E-state index in [-0.39, 0.29) is 29.9 Å². The fourth-order valence-corrected chi connectivity index (χ4v) is 4.85. The number of aromatic nitrogens is 2. The first-order valence-electron chi connectivity index (χ1n) is 14.6. The third kappa shape index (κ3) is 10.4. The minimum absolute atomic E-state index is 0.00462. The number of amides is 1. The van der Waals surface area contributed by atoms with Crippen LogP contribution in [0.4, 0.5) is 38.0 Å². The van der Waals surface area contributed by atoms with Gasteiger partial charge in [0, 0.05) is 43.6 Å². The fraction of sp³-hybridized carbons (Fsp3) is 0.452. The number of benzene rings is 2. The molecule has 3 aromatic rings. The number of nitrogens with zero attached hydrogens (tertiary/aromatic N) is 3. The van der Waals surface area contributed by atoms with Gasteiger partial charge in [-0.25, -0.2) is 9.97 Å². The van der Waals surface area contributed by atoms with Gasteiger partial charge < -0.3 is 24.8 Å². The molecule has 1 aliphatic heterocycles. The number of ether oxygens (including phenoxy) is 3. The molecule has 1 amide bonds. The number of hydrogen-bond acceptors (Lipinski definition) is 8. The second-order valence-electron chi connectivity index (χ2n) is 11.3. The molecule has 15 heteroatoms. The van der Waals surface area contributed by atoms with Crippen molar-refractivity contribution in [2.45, 2.75) is 77.9 Å². The van der Waals surface area contributed by atoms with Crippen LogP contribution in [0.15, 0.2) is 48.7 Å². The molecule has 4 rings (SSSR count). The lowest BCUT2D eigenvalue weighted by Crippen LogP contribution is -2.39. The Labute approximate surface area is 262 Å². The third-order valence-electron chi connectivity index (χ3n) is 6.66. The van der Waals surface area contributed by atoms with Gasteiger partial charge in [0.2, 0.25) is 5.95 Å². The standard InChI is InChI=1S/C31H35F6N5O4/c1-18(2)44-24-13-20(14-25(15-24)45-19(3)4)17-42-11-9-22(10-12-42)40-29-38-16-26(27(41-29)30(32,33)34)28(43)39-21-5-7-23(8-6-21)46-31(35,36)37/h5-8,13-16,18-19,22H,9-12,17H2,1-4H3,(H,39,43)(H,38,40,41). The van der Waals surface area contributed by atoms with Crippen molar-refractivity contribution in [3.63, 3.8) is 0 Å². The number of hydrogen-bond donors (Lipinski definition) is 2. The molecule has 0 saturated carbocycles. The van der Waals surface area contributed by atoms with Crippen LogP contribution in [-0.2, 0) is 12.7 Å². The average Bonchev–Trinajstić information content (AvgIpc) is 2.93. The molecular weight excluding hydrogens is 620 g/mol. The van der Waals surface area contributed by atoms with E-state index in [1.54, 1.807) is 0 Å². The summed E-state index contributed by atoms with van der Waals surface area (Å²) in [7, 11) is 0. The average molecular weight is 656 g/mol. The Morgan fingerprint density at radius 3 is 2.02 bits per heavy atom. The summed E-state index contributed by atoms with van der Waals surface area (Å²) in [5, 5.41) is 5.17. The van der Waals surface area contributed by atoms with Crippen molar-refractivity contribution >= 4 is 17.5 Å². The summed E-state index contributed by atoms with van der Waals surface area (Å²) in [5.74, 6) is -0.584. The molecule has 1 aliphatic rings. The monoisotopic (exact) mass is 655 g/mol. The number of anilines is 2. The van der Waals surface area contributed by atoms with Gasteiger partial charge in [-0.05, 0) is 82.5 Å². The molecule has 1 saturated heterocycles. The lowest BCUT2D eigenvalue weighted by atomic mass is 10.0. The number of rotatable bonds is 11. The van der Waals surface area contributed by atoms with E-state index in [1.165, 1.54) is 0 Å². The highest BCUT2D eigenvalue weighted by atomic mass is 19.4. The van der Waals surface area contributed by atoms with Crippen molar-refractivity contribution in [1.29, 1.82) is 0 Å². The SMILES string of the molecule is CC(C)Oc1cc(CN2CCC(Nc3ncc(C(=O)Nc4ccc(OC(F)(F)F)cc4)c(C(F)(F)F)n3)CC2)cc(OC(C)C)c1. The lowest BCUT2D eigenvalue weighted by Gasteiger charge is -2.32. The Bertz CT molecular complexity index is 1450. The van der Waals surface area contributed by atoms with Crippen LogP contribution in [0.5, 0.6) is 17.2 Å². The molecule has 0 atom stereocenters. The first-order valence-corrected chi connectivity index (χ1v) is 14.6. The zero-order valence-electron chi connectivity index (χ0n) is 25.6. The summed E-state index contributed by atoms with van der Waals surface area (Å²) in [5.41, 5.74) is -1.32. The number of piperidine rings is 1. The second-order valence-corrected chi connectivity index (χ2v) is 11.3. The first kappa shape index (κ1) is 34.6. The number of carbonyl (C=O) groups is 1. The molecule has 0 radical (unpaired) electrons. The van der Waals surface area contributed by atoms with Crippen LogP contribution in [-0.4, -0.2) is 58.5 Å². The van der Waals surface area contributed by atoms with Gasteiger partial charge in [0.05, 0.1) is 17.8 Å². The van der Waals surface area contributed by atoms with Gasteiger partial charge in [-0.2, -0.15) is 13.2 Å². The zero-order chi connectivity index (χ0) is 33.6. The van der Waals surface area contributed by atoms with Crippen LogP contribution in [0.2, 0.25) is 0 Å². The van der Waals surface area contributed by atoms with E-state index in [0.717, 1.165) is 36.0 Å². The maximum atomic E-state index is 13.9. The maximum absolute atomic E-state index is 13.9. The van der Waals surface area contributed by atoms with Gasteiger partial charge in [0.15, 0.2) is 5.69 Å². The molecule has 250 valence electrons. The van der Waals surface area contributed by atoms with E-state index < -0.39 is 35.5 Å². The van der Waals surface area contributed by atoms with Gasteiger partial charge >= 0.3 is 12.5 Å². The Morgan fingerprint density at radius 2 is 1.50 bits per heavy atom. The molecule has 2 aromatic carbocycles. The largest absolute Gasteiger partial charge is 0.573 e. The number of carbonyl (C=O) groups excluding carboxylic acids is 1. The van der Waals surface area contributed by atoms with Gasteiger partial charge in [0.25, 0.3) is 5.91 Å². The van der Waals surface area contributed by atoms with E-state index in [1.807, 2.05) is 45.9 Å². The van der Waals surface area contributed by atoms with Gasteiger partial charge in [-0.15, -0.1) is 13.2 Å². The highest BCUT2D eigenvalue weighted by Gasteiger charge is 2.38. The summed E-state index contributed by atoms with van der Waals surface area (Å²) in [4.78, 5) is 22.5. The molecule has 2 heterocycles. The number of likely N-dealkylation sites (tertiary alicyclic amines) is 1. The van der Waals surface area contributed by atoms with E-state index in [2.05, 4.69) is 30.2 Å². The lowest BCUT2D eigenvalue weighted by molar-refractivity contribution is -0.274. The Hall–Kier alpha value is -4.27. The minimum atomic E-state index is -4.98. The van der Waals surface area contributed by atoms with Crippen molar-refractivity contribution in [1.82, 2.24) is 14.9 Å². The molecule has 1 aromatic heterocycles. The number of alkyl halides is 6. The highest BCUT2D eigenvalue weighted by molar-refractivity contribution is 6.05. The Morgan fingerprint density at radius 1 is 0.913 bits per heavy atom. The van der Waals surface area contributed by atoms with E-state index in [9.17, 15) is 31.1 Å². The second kappa shape index (κ2) is 14.4. The molecule has 0 unspecified atom stereocenters. The molecule has 0 bridgehead atoms. The van der Waals surface area contributed by atoms with Crippen LogP contribution >= 0.6 is 0 Å². The molecular formula is C31H35F6N5O4. The molecule has 9 nitrogen and oxygen atoms in total.